The smallest absolute Gasteiger partial charge is 0.410 e. The van der Waals surface area contributed by atoms with Gasteiger partial charge in [-0.2, -0.15) is 0 Å². The van der Waals surface area contributed by atoms with Crippen LogP contribution >= 0.6 is 0 Å². The maximum Gasteiger partial charge on any atom is 0.410 e. The Bertz CT molecular complexity index is 359. The summed E-state index contributed by atoms with van der Waals surface area (Å²) in [6.07, 6.45) is 1.16. The van der Waals surface area contributed by atoms with Gasteiger partial charge in [0, 0.05) is 26.2 Å². The number of likely N-dealkylation sites (tertiary alicyclic amines) is 1. The van der Waals surface area contributed by atoms with Crippen molar-refractivity contribution in [3.8, 4) is 0 Å². The lowest BCUT2D eigenvalue weighted by atomic mass is 10.1. The van der Waals surface area contributed by atoms with Crippen LogP contribution in [0.1, 0.15) is 33.6 Å². The number of piperidine rings is 1. The molecule has 0 aliphatic carbocycles. The van der Waals surface area contributed by atoms with Gasteiger partial charge < -0.3 is 24.4 Å². The number of ether oxygens (including phenoxy) is 3. The Morgan fingerprint density at radius 2 is 1.82 bits per heavy atom. The standard InChI is InChI=1S/C15H28N2O5/c1-15(2,3)22-14(19)17-7-5-12(6-8-17)16-13(18)11-21-10-9-20-4/h12H,5-11H2,1-4H3,(H,16,18). The van der Waals surface area contributed by atoms with Crippen molar-refractivity contribution < 1.29 is 23.8 Å². The van der Waals surface area contributed by atoms with Crippen molar-refractivity contribution >= 4 is 12.0 Å². The van der Waals surface area contributed by atoms with E-state index in [9.17, 15) is 9.59 Å². The lowest BCUT2D eigenvalue weighted by molar-refractivity contribution is -0.127. The van der Waals surface area contributed by atoms with Crippen LogP contribution in [0.3, 0.4) is 0 Å². The second-order valence-electron chi connectivity index (χ2n) is 6.35. The van der Waals surface area contributed by atoms with Crippen LogP contribution in [0.15, 0.2) is 0 Å². The Morgan fingerprint density at radius 1 is 1.18 bits per heavy atom. The average Bonchev–Trinajstić information content (AvgIpc) is 2.42. The first kappa shape index (κ1) is 18.7. The molecule has 22 heavy (non-hydrogen) atoms. The van der Waals surface area contributed by atoms with E-state index >= 15 is 0 Å². The van der Waals surface area contributed by atoms with Gasteiger partial charge in [0.25, 0.3) is 0 Å². The first-order valence-corrected chi connectivity index (χ1v) is 7.66. The van der Waals surface area contributed by atoms with E-state index in [0.717, 1.165) is 12.8 Å². The van der Waals surface area contributed by atoms with Crippen LogP contribution in [0.5, 0.6) is 0 Å². The van der Waals surface area contributed by atoms with Crippen molar-refractivity contribution in [2.75, 3.05) is 40.0 Å². The van der Waals surface area contributed by atoms with Crippen molar-refractivity contribution in [3.05, 3.63) is 0 Å². The van der Waals surface area contributed by atoms with Gasteiger partial charge in [-0.05, 0) is 33.6 Å². The van der Waals surface area contributed by atoms with E-state index in [2.05, 4.69) is 5.32 Å². The molecule has 1 rings (SSSR count). The van der Waals surface area contributed by atoms with Crippen LogP contribution in [-0.2, 0) is 19.0 Å². The number of rotatable bonds is 6. The zero-order chi connectivity index (χ0) is 16.6. The third kappa shape index (κ3) is 7.61. The van der Waals surface area contributed by atoms with Crippen molar-refractivity contribution in [3.63, 3.8) is 0 Å². The number of methoxy groups -OCH3 is 1. The molecule has 0 spiro atoms. The third-order valence-electron chi connectivity index (χ3n) is 3.18. The van der Waals surface area contributed by atoms with E-state index in [4.69, 9.17) is 14.2 Å². The molecule has 7 heteroatoms. The Hall–Kier alpha value is -1.34. The highest BCUT2D eigenvalue weighted by Gasteiger charge is 2.27. The maximum absolute atomic E-state index is 11.9. The molecular weight excluding hydrogens is 288 g/mol. The summed E-state index contributed by atoms with van der Waals surface area (Å²) < 4.78 is 15.3. The number of carbonyl (C=O) groups is 2. The van der Waals surface area contributed by atoms with Crippen molar-refractivity contribution in [2.24, 2.45) is 0 Å². The van der Waals surface area contributed by atoms with Gasteiger partial charge in [0.1, 0.15) is 12.2 Å². The molecule has 0 atom stereocenters. The summed E-state index contributed by atoms with van der Waals surface area (Å²) in [4.78, 5) is 25.3. The van der Waals surface area contributed by atoms with E-state index in [1.54, 1.807) is 12.0 Å². The number of nitrogens with one attached hydrogen (secondary N) is 1. The number of amides is 2. The SMILES string of the molecule is COCCOCC(=O)NC1CCN(C(=O)OC(C)(C)C)CC1. The highest BCUT2D eigenvalue weighted by atomic mass is 16.6. The molecule has 1 saturated heterocycles. The van der Waals surface area contributed by atoms with Gasteiger partial charge in [-0.25, -0.2) is 4.79 Å². The van der Waals surface area contributed by atoms with Gasteiger partial charge in [0.05, 0.1) is 13.2 Å². The molecule has 2 amide bonds. The van der Waals surface area contributed by atoms with Gasteiger partial charge in [-0.15, -0.1) is 0 Å². The molecule has 1 N–H and O–H groups in total. The lowest BCUT2D eigenvalue weighted by Gasteiger charge is -2.33. The molecule has 0 aromatic carbocycles. The first-order chi connectivity index (χ1) is 10.3. The largest absolute Gasteiger partial charge is 0.444 e. The fourth-order valence-corrected chi connectivity index (χ4v) is 2.11. The highest BCUT2D eigenvalue weighted by Crippen LogP contribution is 2.15. The minimum Gasteiger partial charge on any atom is -0.444 e. The van der Waals surface area contributed by atoms with Gasteiger partial charge in [-0.1, -0.05) is 0 Å². The molecule has 7 nitrogen and oxygen atoms in total. The second-order valence-corrected chi connectivity index (χ2v) is 6.35. The monoisotopic (exact) mass is 316 g/mol. The molecule has 0 aromatic heterocycles. The van der Waals surface area contributed by atoms with E-state index in [1.807, 2.05) is 20.8 Å². The van der Waals surface area contributed by atoms with E-state index < -0.39 is 5.60 Å². The minimum atomic E-state index is -0.484. The van der Waals surface area contributed by atoms with E-state index in [-0.39, 0.29) is 24.6 Å². The van der Waals surface area contributed by atoms with Crippen LogP contribution in [0.2, 0.25) is 0 Å². The molecule has 1 heterocycles. The van der Waals surface area contributed by atoms with Gasteiger partial charge in [0.2, 0.25) is 5.91 Å². The zero-order valence-electron chi connectivity index (χ0n) is 14.0. The minimum absolute atomic E-state index is 0.0373. The topological polar surface area (TPSA) is 77.1 Å². The zero-order valence-corrected chi connectivity index (χ0v) is 14.0. The van der Waals surface area contributed by atoms with Crippen molar-refractivity contribution in [2.45, 2.75) is 45.3 Å². The predicted octanol–water partition coefficient (Wildman–Crippen LogP) is 1.17. The molecular formula is C15H28N2O5. The lowest BCUT2D eigenvalue weighted by Crippen LogP contribution is -2.48. The average molecular weight is 316 g/mol. The van der Waals surface area contributed by atoms with Crippen LogP contribution in [0, 0.1) is 0 Å². The summed E-state index contributed by atoms with van der Waals surface area (Å²) >= 11 is 0. The summed E-state index contributed by atoms with van der Waals surface area (Å²) in [5, 5.41) is 2.92. The summed E-state index contributed by atoms with van der Waals surface area (Å²) in [7, 11) is 1.59. The Balaban J connectivity index is 2.22. The number of nitrogens with zero attached hydrogens (tertiary/aromatic N) is 1. The van der Waals surface area contributed by atoms with Crippen LogP contribution < -0.4 is 5.32 Å². The normalized spacial score (nSPS) is 16.5. The molecule has 128 valence electrons. The van der Waals surface area contributed by atoms with E-state index in [0.29, 0.717) is 26.3 Å². The second kappa shape index (κ2) is 8.95. The fraction of sp³-hybridized carbons (Fsp3) is 0.867. The molecule has 1 aliphatic rings. The van der Waals surface area contributed by atoms with Crippen LogP contribution in [0.25, 0.3) is 0 Å². The maximum atomic E-state index is 11.9. The Kier molecular flexibility index (Phi) is 7.61. The Labute approximate surface area is 132 Å². The third-order valence-corrected chi connectivity index (χ3v) is 3.18. The van der Waals surface area contributed by atoms with Crippen LogP contribution in [-0.4, -0.2) is 68.6 Å². The molecule has 0 unspecified atom stereocenters. The van der Waals surface area contributed by atoms with Crippen molar-refractivity contribution in [1.29, 1.82) is 0 Å². The number of carbonyl (C=O) groups excluding carboxylic acids is 2. The first-order valence-electron chi connectivity index (χ1n) is 7.66. The Morgan fingerprint density at radius 3 is 2.36 bits per heavy atom. The summed E-state index contributed by atoms with van der Waals surface area (Å²) in [6.45, 7) is 7.64. The predicted molar refractivity (Wildman–Crippen MR) is 81.7 cm³/mol. The summed E-state index contributed by atoms with van der Waals surface area (Å²) in [6, 6.07) is 0.0808. The fourth-order valence-electron chi connectivity index (χ4n) is 2.11. The highest BCUT2D eigenvalue weighted by molar-refractivity contribution is 5.77. The van der Waals surface area contributed by atoms with Crippen LogP contribution in [0.4, 0.5) is 4.79 Å². The number of hydrogen-bond donors (Lipinski definition) is 1. The molecule has 1 fully saturated rings. The van der Waals surface area contributed by atoms with Gasteiger partial charge in [-0.3, -0.25) is 4.79 Å². The number of hydrogen-bond acceptors (Lipinski definition) is 5. The van der Waals surface area contributed by atoms with Crippen molar-refractivity contribution in [1.82, 2.24) is 10.2 Å². The summed E-state index contributed by atoms with van der Waals surface area (Å²) in [5.41, 5.74) is -0.484. The van der Waals surface area contributed by atoms with Gasteiger partial charge >= 0.3 is 6.09 Å². The molecule has 1 aliphatic heterocycles. The molecule has 0 radical (unpaired) electrons. The van der Waals surface area contributed by atoms with E-state index in [1.165, 1.54) is 0 Å². The van der Waals surface area contributed by atoms with Gasteiger partial charge in [0.15, 0.2) is 0 Å². The quantitative estimate of drug-likeness (QED) is 0.744. The summed E-state index contributed by atoms with van der Waals surface area (Å²) in [5.74, 6) is -0.133. The molecule has 0 aromatic rings. The molecule has 0 saturated carbocycles. The molecule has 0 bridgehead atoms.